The molecular formula is C22H24ClF3N2O5S. The highest BCUT2D eigenvalue weighted by Gasteiger charge is 2.32. The maximum atomic E-state index is 12.7. The van der Waals surface area contributed by atoms with Crippen molar-refractivity contribution in [3.8, 4) is 11.5 Å². The van der Waals surface area contributed by atoms with E-state index < -0.39 is 28.0 Å². The summed E-state index contributed by atoms with van der Waals surface area (Å²) in [4.78, 5) is 13.5. The van der Waals surface area contributed by atoms with Crippen LogP contribution in [-0.2, 0) is 25.7 Å². The summed E-state index contributed by atoms with van der Waals surface area (Å²) < 4.78 is 75.0. The third-order valence-electron chi connectivity index (χ3n) is 4.65. The van der Waals surface area contributed by atoms with Gasteiger partial charge in [0.2, 0.25) is 10.0 Å². The van der Waals surface area contributed by atoms with E-state index in [9.17, 15) is 26.4 Å². The van der Waals surface area contributed by atoms with E-state index >= 15 is 0 Å². The van der Waals surface area contributed by atoms with E-state index in [-0.39, 0.29) is 22.9 Å². The fourth-order valence-corrected chi connectivity index (χ4v) is 4.23. The number of hydrogen-bond acceptors (Lipinski definition) is 6. The van der Waals surface area contributed by atoms with Crippen LogP contribution in [0, 0.1) is 0 Å². The van der Waals surface area contributed by atoms with E-state index in [1.54, 1.807) is 17.9 Å². The van der Waals surface area contributed by atoms with Crippen LogP contribution in [0.15, 0.2) is 54.2 Å². The summed E-state index contributed by atoms with van der Waals surface area (Å²) in [5.41, 5.74) is -0.970. The quantitative estimate of drug-likeness (QED) is 0.246. The van der Waals surface area contributed by atoms with Crippen LogP contribution in [-0.4, -0.2) is 58.3 Å². The van der Waals surface area contributed by atoms with Crippen LogP contribution in [0.2, 0.25) is 0 Å². The summed E-state index contributed by atoms with van der Waals surface area (Å²) in [5.74, 6) is 2.46. The Balaban J connectivity index is 2.32. The molecule has 1 atom stereocenters. The third-order valence-corrected chi connectivity index (χ3v) is 5.98. The van der Waals surface area contributed by atoms with Crippen LogP contribution in [0.25, 0.3) is 0 Å². The number of carbonyl (C=O) groups excluding carboxylic acids is 1. The molecule has 0 radical (unpaired) electrons. The molecule has 186 valence electrons. The first-order chi connectivity index (χ1) is 15.9. The maximum Gasteiger partial charge on any atom is 0.416 e. The molecule has 0 spiro atoms. The summed E-state index contributed by atoms with van der Waals surface area (Å²) in [6, 6.07) is 9.76. The molecule has 12 heteroatoms. The first-order valence-electron chi connectivity index (χ1n) is 9.91. The number of anilines is 1. The van der Waals surface area contributed by atoms with Crippen molar-refractivity contribution in [1.82, 2.24) is 4.90 Å². The van der Waals surface area contributed by atoms with Crippen molar-refractivity contribution < 1.29 is 35.9 Å². The zero-order valence-electron chi connectivity index (χ0n) is 18.7. The Labute approximate surface area is 201 Å². The third kappa shape index (κ3) is 7.22. The molecule has 0 saturated carbocycles. The van der Waals surface area contributed by atoms with Gasteiger partial charge in [-0.3, -0.25) is 4.90 Å². The van der Waals surface area contributed by atoms with Crippen molar-refractivity contribution in [2.75, 3.05) is 37.1 Å². The largest absolute Gasteiger partial charge is 0.457 e. The van der Waals surface area contributed by atoms with E-state index in [0.717, 1.165) is 22.7 Å². The SMILES string of the molecule is CO[C@@H](C(=C=O)N(c1ccc(Oc2ccc(C(F)(F)F)cc2)cc1)S(C)(=O)=O)N(C)CCCCl. The van der Waals surface area contributed by atoms with Crippen LogP contribution in [0.4, 0.5) is 18.9 Å². The average Bonchev–Trinajstić information content (AvgIpc) is 2.77. The lowest BCUT2D eigenvalue weighted by Crippen LogP contribution is -2.44. The number of methoxy groups -OCH3 is 1. The molecule has 0 N–H and O–H groups in total. The van der Waals surface area contributed by atoms with Gasteiger partial charge in [0.15, 0.2) is 17.9 Å². The molecule has 2 aromatic rings. The molecule has 0 aromatic heterocycles. The monoisotopic (exact) mass is 520 g/mol. The van der Waals surface area contributed by atoms with Gasteiger partial charge >= 0.3 is 6.18 Å². The second-order valence-electron chi connectivity index (χ2n) is 7.24. The van der Waals surface area contributed by atoms with E-state index in [1.165, 1.54) is 43.5 Å². The highest BCUT2D eigenvalue weighted by Crippen LogP contribution is 2.32. The Morgan fingerprint density at radius 3 is 2.03 bits per heavy atom. The molecule has 0 fully saturated rings. The Bertz CT molecular complexity index is 1100. The van der Waals surface area contributed by atoms with E-state index in [4.69, 9.17) is 21.1 Å². The molecule has 0 saturated heterocycles. The standard InChI is InChI=1S/C22H24ClF3N2O5S/c1-27(14-4-13-23)21(32-2)20(15-29)28(34(3,30)31)17-7-11-19(12-8-17)33-18-9-5-16(6-10-18)22(24,25)26/h5-12,21H,4,13-14H2,1-3H3/t21-/m0/s1. The maximum absolute atomic E-state index is 12.7. The van der Waals surface area contributed by atoms with Crippen LogP contribution in [0.3, 0.4) is 0 Å². The zero-order valence-corrected chi connectivity index (χ0v) is 20.2. The molecule has 2 aromatic carbocycles. The van der Waals surface area contributed by atoms with Gasteiger partial charge in [-0.25, -0.2) is 17.5 Å². The van der Waals surface area contributed by atoms with Gasteiger partial charge in [-0.2, -0.15) is 13.2 Å². The predicted molar refractivity (Wildman–Crippen MR) is 123 cm³/mol. The molecule has 0 aliphatic heterocycles. The molecule has 34 heavy (non-hydrogen) atoms. The van der Waals surface area contributed by atoms with Gasteiger partial charge in [0, 0.05) is 19.5 Å². The highest BCUT2D eigenvalue weighted by molar-refractivity contribution is 7.92. The molecule has 0 unspecified atom stereocenters. The summed E-state index contributed by atoms with van der Waals surface area (Å²) in [7, 11) is -0.989. The predicted octanol–water partition coefficient (Wildman–Crippen LogP) is 4.51. The van der Waals surface area contributed by atoms with Gasteiger partial charge in [0.25, 0.3) is 0 Å². The smallest absolute Gasteiger partial charge is 0.416 e. The van der Waals surface area contributed by atoms with Gasteiger partial charge < -0.3 is 9.47 Å². The average molecular weight is 521 g/mol. The lowest BCUT2D eigenvalue weighted by molar-refractivity contribution is -0.137. The molecule has 7 nitrogen and oxygen atoms in total. The fourth-order valence-electron chi connectivity index (χ4n) is 3.13. The number of rotatable bonds is 11. The minimum absolute atomic E-state index is 0.119. The van der Waals surface area contributed by atoms with Crippen LogP contribution in [0.1, 0.15) is 12.0 Å². The lowest BCUT2D eigenvalue weighted by Gasteiger charge is -2.32. The number of benzene rings is 2. The summed E-state index contributed by atoms with van der Waals surface area (Å²) in [6.45, 7) is 0.435. The van der Waals surface area contributed by atoms with Crippen LogP contribution < -0.4 is 9.04 Å². The summed E-state index contributed by atoms with van der Waals surface area (Å²) in [6.07, 6.45) is -3.96. The van der Waals surface area contributed by atoms with Crippen molar-refractivity contribution >= 4 is 33.3 Å². The number of hydrogen-bond donors (Lipinski definition) is 0. The molecular weight excluding hydrogens is 497 g/mol. The Morgan fingerprint density at radius 1 is 1.09 bits per heavy atom. The van der Waals surface area contributed by atoms with Gasteiger partial charge in [-0.15, -0.1) is 11.6 Å². The Kier molecular flexibility index (Phi) is 9.54. The first-order valence-corrected chi connectivity index (χ1v) is 12.3. The fraction of sp³-hybridized carbons (Fsp3) is 0.364. The Hall–Kier alpha value is -2.56. The minimum Gasteiger partial charge on any atom is -0.457 e. The number of alkyl halides is 4. The van der Waals surface area contributed by atoms with E-state index in [1.807, 2.05) is 0 Å². The minimum atomic E-state index is -4.46. The molecule has 0 aliphatic carbocycles. The topological polar surface area (TPSA) is 76.1 Å². The highest BCUT2D eigenvalue weighted by atomic mass is 35.5. The first kappa shape index (κ1) is 27.7. The molecule has 0 bridgehead atoms. The van der Waals surface area contributed by atoms with Crippen molar-refractivity contribution in [2.45, 2.75) is 18.8 Å². The number of nitrogens with zero attached hydrogens (tertiary/aromatic N) is 2. The second kappa shape index (κ2) is 11.7. The van der Waals surface area contributed by atoms with Crippen molar-refractivity contribution in [3.63, 3.8) is 0 Å². The van der Waals surface area contributed by atoms with Crippen molar-refractivity contribution in [1.29, 1.82) is 0 Å². The zero-order chi connectivity index (χ0) is 25.5. The van der Waals surface area contributed by atoms with Crippen molar-refractivity contribution in [2.24, 2.45) is 0 Å². The molecule has 0 heterocycles. The van der Waals surface area contributed by atoms with Crippen LogP contribution in [0.5, 0.6) is 11.5 Å². The van der Waals surface area contributed by atoms with Crippen LogP contribution >= 0.6 is 11.6 Å². The molecule has 0 aliphatic rings. The lowest BCUT2D eigenvalue weighted by atomic mass is 10.2. The number of ether oxygens (including phenoxy) is 2. The number of likely N-dealkylation sites (N-methyl/N-ethyl adjacent to an activating group) is 1. The van der Waals surface area contributed by atoms with Gasteiger partial charge in [0.1, 0.15) is 11.5 Å². The number of halogens is 4. The van der Waals surface area contributed by atoms with Gasteiger partial charge in [-0.1, -0.05) is 0 Å². The molecule has 0 amide bonds. The normalized spacial score (nSPS) is 12.8. The Morgan fingerprint density at radius 2 is 1.62 bits per heavy atom. The van der Waals surface area contributed by atoms with E-state index in [2.05, 4.69) is 0 Å². The number of sulfonamides is 1. The second-order valence-corrected chi connectivity index (χ2v) is 9.45. The van der Waals surface area contributed by atoms with Crippen molar-refractivity contribution in [3.05, 3.63) is 59.8 Å². The van der Waals surface area contributed by atoms with E-state index in [0.29, 0.717) is 18.8 Å². The molecule has 2 rings (SSSR count). The summed E-state index contributed by atoms with van der Waals surface area (Å²) in [5, 5.41) is 0. The van der Waals surface area contributed by atoms with Gasteiger partial charge in [0.05, 0.1) is 17.5 Å². The summed E-state index contributed by atoms with van der Waals surface area (Å²) >= 11 is 5.72. The van der Waals surface area contributed by atoms with Gasteiger partial charge in [-0.05, 0) is 62.0 Å².